The second kappa shape index (κ2) is 6.95. The molecule has 106 valence electrons. The molecule has 0 aromatic heterocycles. The first-order chi connectivity index (χ1) is 9.16. The number of aryl methyl sites for hydroxylation is 1. The van der Waals surface area contributed by atoms with Crippen molar-refractivity contribution >= 4 is 0 Å². The van der Waals surface area contributed by atoms with Gasteiger partial charge in [0.1, 0.15) is 5.75 Å². The van der Waals surface area contributed by atoms with Crippen LogP contribution in [0.15, 0.2) is 18.2 Å². The molecular weight excluding hydrogens is 234 g/mol. The van der Waals surface area contributed by atoms with Crippen LogP contribution < -0.4 is 10.1 Å². The summed E-state index contributed by atoms with van der Waals surface area (Å²) in [5, 5.41) is 3.50. The van der Waals surface area contributed by atoms with E-state index in [0.717, 1.165) is 31.4 Å². The van der Waals surface area contributed by atoms with E-state index in [9.17, 15) is 0 Å². The lowest BCUT2D eigenvalue weighted by atomic mass is 10.1. The van der Waals surface area contributed by atoms with Gasteiger partial charge < -0.3 is 10.1 Å². The zero-order valence-electron chi connectivity index (χ0n) is 12.5. The molecule has 0 amide bonds. The summed E-state index contributed by atoms with van der Waals surface area (Å²) in [5.41, 5.74) is 2.54. The van der Waals surface area contributed by atoms with Gasteiger partial charge in [-0.15, -0.1) is 0 Å². The van der Waals surface area contributed by atoms with Crippen molar-refractivity contribution < 1.29 is 4.74 Å². The lowest BCUT2D eigenvalue weighted by Crippen LogP contribution is -2.19. The van der Waals surface area contributed by atoms with E-state index < -0.39 is 0 Å². The third-order valence-electron chi connectivity index (χ3n) is 3.63. The molecule has 1 fully saturated rings. The van der Waals surface area contributed by atoms with Crippen LogP contribution in [-0.2, 0) is 6.54 Å². The fraction of sp³-hybridized carbons (Fsp3) is 0.647. The van der Waals surface area contributed by atoms with Gasteiger partial charge in [0, 0.05) is 12.1 Å². The Morgan fingerprint density at radius 2 is 2.11 bits per heavy atom. The maximum atomic E-state index is 6.04. The minimum Gasteiger partial charge on any atom is -0.493 e. The first-order valence-electron chi connectivity index (χ1n) is 7.59. The highest BCUT2D eigenvalue weighted by Gasteiger charge is 2.21. The van der Waals surface area contributed by atoms with Crippen LogP contribution in [0.25, 0.3) is 0 Å². The van der Waals surface area contributed by atoms with Crippen LogP contribution in [0.2, 0.25) is 0 Å². The van der Waals surface area contributed by atoms with Gasteiger partial charge in [0.05, 0.1) is 6.61 Å². The van der Waals surface area contributed by atoms with Crippen LogP contribution in [0.4, 0.5) is 0 Å². The van der Waals surface area contributed by atoms with Crippen molar-refractivity contribution in [3.63, 3.8) is 0 Å². The Morgan fingerprint density at radius 3 is 2.79 bits per heavy atom. The summed E-state index contributed by atoms with van der Waals surface area (Å²) < 4.78 is 6.04. The van der Waals surface area contributed by atoms with Crippen molar-refractivity contribution in [2.45, 2.75) is 46.6 Å². The molecule has 0 saturated heterocycles. The van der Waals surface area contributed by atoms with Crippen LogP contribution in [0, 0.1) is 18.8 Å². The fourth-order valence-corrected chi connectivity index (χ4v) is 2.29. The molecule has 0 bridgehead atoms. The van der Waals surface area contributed by atoms with E-state index in [-0.39, 0.29) is 0 Å². The maximum Gasteiger partial charge on any atom is 0.126 e. The molecule has 2 rings (SSSR count). The van der Waals surface area contributed by atoms with Crippen molar-refractivity contribution in [3.05, 3.63) is 29.3 Å². The van der Waals surface area contributed by atoms with Crippen molar-refractivity contribution in [1.29, 1.82) is 0 Å². The molecule has 1 saturated carbocycles. The number of hydrogen-bond donors (Lipinski definition) is 1. The van der Waals surface area contributed by atoms with E-state index in [1.54, 1.807) is 0 Å². The largest absolute Gasteiger partial charge is 0.493 e. The third kappa shape index (κ3) is 4.87. The molecule has 2 heteroatoms. The lowest BCUT2D eigenvalue weighted by Gasteiger charge is -2.15. The highest BCUT2D eigenvalue weighted by molar-refractivity contribution is 5.40. The summed E-state index contributed by atoms with van der Waals surface area (Å²) in [7, 11) is 0. The molecule has 19 heavy (non-hydrogen) atoms. The summed E-state index contributed by atoms with van der Waals surface area (Å²) in [6, 6.07) is 6.43. The Bertz CT molecular complexity index is 396. The second-order valence-electron chi connectivity index (χ2n) is 6.17. The van der Waals surface area contributed by atoms with E-state index in [0.29, 0.717) is 5.92 Å². The van der Waals surface area contributed by atoms with Crippen molar-refractivity contribution in [2.75, 3.05) is 13.2 Å². The SMILES string of the molecule is Cc1cccc(CNCC(C)C)c1OCCC1CC1. The van der Waals surface area contributed by atoms with E-state index in [1.807, 2.05) is 0 Å². The predicted molar refractivity (Wildman–Crippen MR) is 80.6 cm³/mol. The quantitative estimate of drug-likeness (QED) is 0.766. The molecule has 2 nitrogen and oxygen atoms in total. The zero-order chi connectivity index (χ0) is 13.7. The average Bonchev–Trinajstić information content (AvgIpc) is 3.16. The van der Waals surface area contributed by atoms with Gasteiger partial charge in [0.25, 0.3) is 0 Å². The molecule has 0 radical (unpaired) electrons. The monoisotopic (exact) mass is 261 g/mol. The first kappa shape index (κ1) is 14.4. The summed E-state index contributed by atoms with van der Waals surface area (Å²) in [4.78, 5) is 0. The van der Waals surface area contributed by atoms with Crippen LogP contribution in [-0.4, -0.2) is 13.2 Å². The molecule has 1 aromatic rings. The molecule has 1 aliphatic carbocycles. The average molecular weight is 261 g/mol. The van der Waals surface area contributed by atoms with E-state index in [2.05, 4.69) is 44.3 Å². The number of nitrogens with one attached hydrogen (secondary N) is 1. The standard InChI is InChI=1S/C17H27NO/c1-13(2)11-18-12-16-6-4-5-14(3)17(16)19-10-9-15-7-8-15/h4-6,13,15,18H,7-12H2,1-3H3. The molecular formula is C17H27NO. The smallest absolute Gasteiger partial charge is 0.126 e. The van der Waals surface area contributed by atoms with Crippen LogP contribution in [0.5, 0.6) is 5.75 Å². The Balaban J connectivity index is 1.89. The van der Waals surface area contributed by atoms with Gasteiger partial charge >= 0.3 is 0 Å². The van der Waals surface area contributed by atoms with Crippen molar-refractivity contribution in [3.8, 4) is 5.75 Å². The summed E-state index contributed by atoms with van der Waals surface area (Å²) >= 11 is 0. The van der Waals surface area contributed by atoms with Gasteiger partial charge in [0.2, 0.25) is 0 Å². The molecule has 0 atom stereocenters. The predicted octanol–water partition coefficient (Wildman–Crippen LogP) is 3.92. The van der Waals surface area contributed by atoms with Gasteiger partial charge in [-0.25, -0.2) is 0 Å². The first-order valence-corrected chi connectivity index (χ1v) is 7.59. The fourth-order valence-electron chi connectivity index (χ4n) is 2.29. The Morgan fingerprint density at radius 1 is 1.32 bits per heavy atom. The summed E-state index contributed by atoms with van der Waals surface area (Å²) in [5.74, 6) is 2.72. The molecule has 1 N–H and O–H groups in total. The molecule has 0 heterocycles. The highest BCUT2D eigenvalue weighted by Crippen LogP contribution is 2.33. The Kier molecular flexibility index (Phi) is 5.26. The van der Waals surface area contributed by atoms with Gasteiger partial charge in [-0.2, -0.15) is 0 Å². The number of hydrogen-bond acceptors (Lipinski definition) is 2. The van der Waals surface area contributed by atoms with Gasteiger partial charge in [-0.3, -0.25) is 0 Å². The zero-order valence-corrected chi connectivity index (χ0v) is 12.5. The number of rotatable bonds is 8. The summed E-state index contributed by atoms with van der Waals surface area (Å²) in [6.07, 6.45) is 4.02. The van der Waals surface area contributed by atoms with Crippen LogP contribution in [0.1, 0.15) is 44.2 Å². The molecule has 0 aliphatic heterocycles. The lowest BCUT2D eigenvalue weighted by molar-refractivity contribution is 0.296. The Labute approximate surface area is 117 Å². The summed E-state index contributed by atoms with van der Waals surface area (Å²) in [6.45, 7) is 9.42. The number of benzene rings is 1. The topological polar surface area (TPSA) is 21.3 Å². The molecule has 1 aromatic carbocycles. The molecule has 0 unspecified atom stereocenters. The Hall–Kier alpha value is -1.02. The van der Waals surface area contributed by atoms with E-state index in [4.69, 9.17) is 4.74 Å². The van der Waals surface area contributed by atoms with E-state index in [1.165, 1.54) is 30.4 Å². The van der Waals surface area contributed by atoms with Gasteiger partial charge in [-0.1, -0.05) is 44.9 Å². The van der Waals surface area contributed by atoms with Crippen LogP contribution >= 0.6 is 0 Å². The second-order valence-corrected chi connectivity index (χ2v) is 6.17. The minimum absolute atomic E-state index is 0.684. The molecule has 0 spiro atoms. The van der Waals surface area contributed by atoms with Gasteiger partial charge in [-0.05, 0) is 37.3 Å². The number of para-hydroxylation sites is 1. The highest BCUT2D eigenvalue weighted by atomic mass is 16.5. The number of ether oxygens (including phenoxy) is 1. The third-order valence-corrected chi connectivity index (χ3v) is 3.63. The van der Waals surface area contributed by atoms with Crippen molar-refractivity contribution in [2.24, 2.45) is 11.8 Å². The van der Waals surface area contributed by atoms with Crippen LogP contribution in [0.3, 0.4) is 0 Å². The molecule has 1 aliphatic rings. The minimum atomic E-state index is 0.684. The normalized spacial score (nSPS) is 14.9. The van der Waals surface area contributed by atoms with Crippen molar-refractivity contribution in [1.82, 2.24) is 5.32 Å². The van der Waals surface area contributed by atoms with Gasteiger partial charge in [0.15, 0.2) is 0 Å². The maximum absolute atomic E-state index is 6.04. The van der Waals surface area contributed by atoms with E-state index >= 15 is 0 Å².